The Balaban J connectivity index is 1.53. The van der Waals surface area contributed by atoms with Crippen molar-refractivity contribution in [3.63, 3.8) is 0 Å². The van der Waals surface area contributed by atoms with E-state index in [2.05, 4.69) is 5.32 Å². The van der Waals surface area contributed by atoms with E-state index in [0.717, 1.165) is 11.3 Å². The fraction of sp³-hybridized carbons (Fsp3) is 0.231. The average molecular weight is 433 g/mol. The molecule has 6 heteroatoms. The summed E-state index contributed by atoms with van der Waals surface area (Å²) in [6.45, 7) is 4.83. The van der Waals surface area contributed by atoms with E-state index in [1.807, 2.05) is 68.4 Å². The number of benzene rings is 3. The summed E-state index contributed by atoms with van der Waals surface area (Å²) in [6.07, 6.45) is 0.286. The Morgan fingerprint density at radius 2 is 1.44 bits per heavy atom. The van der Waals surface area contributed by atoms with Gasteiger partial charge in [0, 0.05) is 17.9 Å². The first-order valence-corrected chi connectivity index (χ1v) is 10.7. The predicted octanol–water partition coefficient (Wildman–Crippen LogP) is 4.70. The molecule has 2 amide bonds. The van der Waals surface area contributed by atoms with Gasteiger partial charge in [0.05, 0.1) is 13.0 Å². The van der Waals surface area contributed by atoms with Crippen LogP contribution < -0.4 is 19.7 Å². The molecule has 0 aliphatic rings. The molecule has 32 heavy (non-hydrogen) atoms. The third-order valence-corrected chi connectivity index (χ3v) is 4.79. The number of para-hydroxylation sites is 3. The van der Waals surface area contributed by atoms with Gasteiger partial charge in [-0.15, -0.1) is 0 Å². The third-order valence-electron chi connectivity index (χ3n) is 4.79. The molecule has 0 heterocycles. The molecule has 0 aliphatic heterocycles. The SMILES string of the molecule is CCOc1ccccc1OCC(=O)Nc1ccc(CC(=O)N(CC)c2ccccc2)cc1. The van der Waals surface area contributed by atoms with Crippen molar-refractivity contribution in [2.24, 2.45) is 0 Å². The van der Waals surface area contributed by atoms with Crippen molar-refractivity contribution in [2.75, 3.05) is 30.0 Å². The van der Waals surface area contributed by atoms with Gasteiger partial charge < -0.3 is 19.7 Å². The number of likely N-dealkylation sites (N-methyl/N-ethyl adjacent to an activating group) is 1. The maximum absolute atomic E-state index is 12.7. The van der Waals surface area contributed by atoms with Gasteiger partial charge >= 0.3 is 0 Å². The van der Waals surface area contributed by atoms with E-state index in [0.29, 0.717) is 30.3 Å². The Kier molecular flexibility index (Phi) is 8.26. The second-order valence-corrected chi connectivity index (χ2v) is 7.06. The maximum atomic E-state index is 12.7. The zero-order valence-corrected chi connectivity index (χ0v) is 18.4. The molecular formula is C26H28N2O4. The number of anilines is 2. The molecule has 3 rings (SSSR count). The van der Waals surface area contributed by atoms with Crippen LogP contribution in [0.4, 0.5) is 11.4 Å². The van der Waals surface area contributed by atoms with Crippen LogP contribution in [-0.4, -0.2) is 31.6 Å². The standard InChI is InChI=1S/C26H28N2O4/c1-3-28(22-10-6-5-7-11-22)26(30)18-20-14-16-21(17-15-20)27-25(29)19-32-24-13-9-8-12-23(24)31-4-2/h5-17H,3-4,18-19H2,1-2H3,(H,27,29). The molecule has 0 saturated carbocycles. The third kappa shape index (κ3) is 6.35. The van der Waals surface area contributed by atoms with Gasteiger partial charge in [0.2, 0.25) is 5.91 Å². The minimum atomic E-state index is -0.277. The van der Waals surface area contributed by atoms with Crippen LogP contribution in [0.2, 0.25) is 0 Å². The van der Waals surface area contributed by atoms with Crippen molar-refractivity contribution in [1.82, 2.24) is 0 Å². The van der Waals surface area contributed by atoms with Crippen molar-refractivity contribution in [3.8, 4) is 11.5 Å². The van der Waals surface area contributed by atoms with Gasteiger partial charge in [0.15, 0.2) is 18.1 Å². The molecule has 0 aromatic heterocycles. The summed E-state index contributed by atoms with van der Waals surface area (Å²) < 4.78 is 11.1. The summed E-state index contributed by atoms with van der Waals surface area (Å²) in [6, 6.07) is 24.1. The number of carbonyl (C=O) groups excluding carboxylic acids is 2. The van der Waals surface area contributed by atoms with Crippen molar-refractivity contribution in [1.29, 1.82) is 0 Å². The molecule has 3 aromatic rings. The van der Waals surface area contributed by atoms with Gasteiger partial charge in [0.25, 0.3) is 5.91 Å². The van der Waals surface area contributed by atoms with Crippen molar-refractivity contribution in [2.45, 2.75) is 20.3 Å². The molecular weight excluding hydrogens is 404 g/mol. The number of amides is 2. The molecule has 166 valence electrons. The highest BCUT2D eigenvalue weighted by Crippen LogP contribution is 2.26. The summed E-state index contributed by atoms with van der Waals surface area (Å²) >= 11 is 0. The van der Waals surface area contributed by atoms with Crippen LogP contribution in [0.25, 0.3) is 0 Å². The van der Waals surface area contributed by atoms with Crippen LogP contribution in [0.5, 0.6) is 11.5 Å². The minimum Gasteiger partial charge on any atom is -0.490 e. The lowest BCUT2D eigenvalue weighted by Crippen LogP contribution is -2.31. The molecule has 6 nitrogen and oxygen atoms in total. The van der Waals surface area contributed by atoms with Crippen molar-refractivity contribution in [3.05, 3.63) is 84.4 Å². The molecule has 0 aliphatic carbocycles. The molecule has 0 radical (unpaired) electrons. The van der Waals surface area contributed by atoms with E-state index in [1.54, 1.807) is 29.2 Å². The molecule has 0 spiro atoms. The first-order chi connectivity index (χ1) is 15.6. The van der Waals surface area contributed by atoms with Crippen molar-refractivity contribution < 1.29 is 19.1 Å². The molecule has 1 N–H and O–H groups in total. The predicted molar refractivity (Wildman–Crippen MR) is 126 cm³/mol. The molecule has 3 aromatic carbocycles. The zero-order valence-electron chi connectivity index (χ0n) is 18.4. The van der Waals surface area contributed by atoms with Crippen LogP contribution in [0.3, 0.4) is 0 Å². The normalized spacial score (nSPS) is 10.3. The molecule has 0 atom stereocenters. The number of nitrogens with one attached hydrogen (secondary N) is 1. The first-order valence-electron chi connectivity index (χ1n) is 10.7. The van der Waals surface area contributed by atoms with E-state index < -0.39 is 0 Å². The second-order valence-electron chi connectivity index (χ2n) is 7.06. The minimum absolute atomic E-state index is 0.0249. The van der Waals surface area contributed by atoms with Gasteiger partial charge in [0.1, 0.15) is 0 Å². The second kappa shape index (κ2) is 11.6. The Labute approximate surface area is 188 Å². The summed E-state index contributed by atoms with van der Waals surface area (Å²) in [4.78, 5) is 26.8. The quantitative estimate of drug-likeness (QED) is 0.504. The van der Waals surface area contributed by atoms with E-state index in [9.17, 15) is 9.59 Å². The van der Waals surface area contributed by atoms with E-state index in [4.69, 9.17) is 9.47 Å². The number of ether oxygens (including phenoxy) is 2. The average Bonchev–Trinajstić information content (AvgIpc) is 2.81. The Morgan fingerprint density at radius 3 is 2.06 bits per heavy atom. The number of hydrogen-bond donors (Lipinski definition) is 1. The largest absolute Gasteiger partial charge is 0.490 e. The van der Waals surface area contributed by atoms with Gasteiger partial charge in [-0.2, -0.15) is 0 Å². The molecule has 0 fully saturated rings. The van der Waals surface area contributed by atoms with Crippen LogP contribution in [0, 0.1) is 0 Å². The van der Waals surface area contributed by atoms with Gasteiger partial charge in [-0.3, -0.25) is 9.59 Å². The molecule has 0 bridgehead atoms. The fourth-order valence-corrected chi connectivity index (χ4v) is 3.27. The topological polar surface area (TPSA) is 67.9 Å². The smallest absolute Gasteiger partial charge is 0.262 e. The lowest BCUT2D eigenvalue weighted by atomic mass is 10.1. The lowest BCUT2D eigenvalue weighted by Gasteiger charge is -2.21. The number of carbonyl (C=O) groups is 2. The Hall–Kier alpha value is -3.80. The van der Waals surface area contributed by atoms with Gasteiger partial charge in [-0.25, -0.2) is 0 Å². The first kappa shape index (κ1) is 22.9. The van der Waals surface area contributed by atoms with Crippen LogP contribution in [-0.2, 0) is 16.0 Å². The van der Waals surface area contributed by atoms with Crippen LogP contribution >= 0.6 is 0 Å². The highest BCUT2D eigenvalue weighted by molar-refractivity contribution is 5.95. The fourth-order valence-electron chi connectivity index (χ4n) is 3.27. The zero-order chi connectivity index (χ0) is 22.8. The molecule has 0 saturated heterocycles. The van der Waals surface area contributed by atoms with Gasteiger partial charge in [-0.05, 0) is 55.8 Å². The van der Waals surface area contributed by atoms with Crippen LogP contribution in [0.1, 0.15) is 19.4 Å². The van der Waals surface area contributed by atoms with E-state index in [-0.39, 0.29) is 24.8 Å². The number of hydrogen-bond acceptors (Lipinski definition) is 4. The number of nitrogens with zero attached hydrogens (tertiary/aromatic N) is 1. The van der Waals surface area contributed by atoms with E-state index in [1.165, 1.54) is 0 Å². The maximum Gasteiger partial charge on any atom is 0.262 e. The summed E-state index contributed by atoms with van der Waals surface area (Å²) in [5.74, 6) is 0.879. The summed E-state index contributed by atoms with van der Waals surface area (Å²) in [7, 11) is 0. The number of rotatable bonds is 10. The highest BCUT2D eigenvalue weighted by Gasteiger charge is 2.14. The van der Waals surface area contributed by atoms with Gasteiger partial charge in [-0.1, -0.05) is 42.5 Å². The highest BCUT2D eigenvalue weighted by atomic mass is 16.5. The van der Waals surface area contributed by atoms with Crippen LogP contribution in [0.15, 0.2) is 78.9 Å². The lowest BCUT2D eigenvalue weighted by molar-refractivity contribution is -0.118. The summed E-state index contributed by atoms with van der Waals surface area (Å²) in [5, 5.41) is 2.80. The van der Waals surface area contributed by atoms with Crippen molar-refractivity contribution >= 4 is 23.2 Å². The Morgan fingerprint density at radius 1 is 0.812 bits per heavy atom. The summed E-state index contributed by atoms with van der Waals surface area (Å²) in [5.41, 5.74) is 2.40. The Bertz CT molecular complexity index is 1020. The monoisotopic (exact) mass is 432 g/mol. The van der Waals surface area contributed by atoms with E-state index >= 15 is 0 Å². The molecule has 0 unspecified atom stereocenters.